The van der Waals surface area contributed by atoms with E-state index in [0.29, 0.717) is 0 Å². The van der Waals surface area contributed by atoms with E-state index in [9.17, 15) is 22.0 Å². The zero-order valence-electron chi connectivity index (χ0n) is 8.95. The Kier molecular flexibility index (Phi) is 3.57. The summed E-state index contributed by atoms with van der Waals surface area (Å²) in [7, 11) is 0. The van der Waals surface area contributed by atoms with E-state index in [-0.39, 0.29) is 10.8 Å². The summed E-state index contributed by atoms with van der Waals surface area (Å²) < 4.78 is 65.4. The van der Waals surface area contributed by atoms with Crippen LogP contribution in [0.25, 0.3) is 0 Å². The van der Waals surface area contributed by atoms with Gasteiger partial charge < -0.3 is 5.32 Å². The molecular formula is C11H4ClF5N2. The number of benzene rings is 1. The molecule has 2 aromatic rings. The second-order valence-corrected chi connectivity index (χ2v) is 3.82. The predicted octanol–water partition coefficient (Wildman–Crippen LogP) is 4.17. The molecule has 1 aromatic heterocycles. The van der Waals surface area contributed by atoms with Gasteiger partial charge in [-0.05, 0) is 12.1 Å². The number of rotatable bonds is 2. The molecule has 0 aliphatic heterocycles. The summed E-state index contributed by atoms with van der Waals surface area (Å²) in [5.41, 5.74) is -1.12. The zero-order chi connectivity index (χ0) is 14.2. The van der Waals surface area contributed by atoms with Crippen molar-refractivity contribution in [3.8, 4) is 0 Å². The van der Waals surface area contributed by atoms with Crippen LogP contribution in [-0.4, -0.2) is 4.98 Å². The van der Waals surface area contributed by atoms with E-state index in [4.69, 9.17) is 11.6 Å². The molecule has 0 aliphatic rings. The summed E-state index contributed by atoms with van der Waals surface area (Å²) in [6.45, 7) is 0. The van der Waals surface area contributed by atoms with Crippen LogP contribution in [0.3, 0.4) is 0 Å². The average Bonchev–Trinajstić information content (AvgIpc) is 2.39. The van der Waals surface area contributed by atoms with Crippen molar-refractivity contribution in [2.45, 2.75) is 0 Å². The number of hydrogen-bond donors (Lipinski definition) is 1. The Morgan fingerprint density at radius 1 is 0.895 bits per heavy atom. The van der Waals surface area contributed by atoms with Gasteiger partial charge in [-0.3, -0.25) is 0 Å². The second-order valence-electron chi connectivity index (χ2n) is 3.44. The van der Waals surface area contributed by atoms with E-state index in [1.807, 2.05) is 0 Å². The number of halogens is 6. The maximum Gasteiger partial charge on any atom is 0.200 e. The van der Waals surface area contributed by atoms with Gasteiger partial charge in [-0.25, -0.2) is 26.9 Å². The molecule has 1 aromatic carbocycles. The molecule has 0 spiro atoms. The van der Waals surface area contributed by atoms with Gasteiger partial charge in [0.15, 0.2) is 23.3 Å². The highest BCUT2D eigenvalue weighted by molar-refractivity contribution is 6.29. The summed E-state index contributed by atoms with van der Waals surface area (Å²) in [5, 5.41) is 2.06. The van der Waals surface area contributed by atoms with Crippen molar-refractivity contribution in [3.05, 3.63) is 52.6 Å². The van der Waals surface area contributed by atoms with Crippen LogP contribution < -0.4 is 5.32 Å². The minimum absolute atomic E-state index is 0.00567. The maximum atomic E-state index is 13.4. The van der Waals surface area contributed by atoms with Crippen molar-refractivity contribution >= 4 is 23.0 Å². The summed E-state index contributed by atoms with van der Waals surface area (Å²) in [6.07, 6.45) is 1.21. The standard InChI is InChI=1S/C11H4ClF5N2/c12-5-3-4(1-2-18-5)19-11-9(16)7(14)6(13)8(15)10(11)17/h1-3H,(H,18,19). The van der Waals surface area contributed by atoms with Crippen LogP contribution in [0.4, 0.5) is 33.3 Å². The molecule has 1 N–H and O–H groups in total. The first-order valence-electron chi connectivity index (χ1n) is 4.82. The Bertz CT molecular complexity index is 618. The van der Waals surface area contributed by atoms with Gasteiger partial charge in [0.25, 0.3) is 0 Å². The molecule has 100 valence electrons. The van der Waals surface area contributed by atoms with E-state index in [2.05, 4.69) is 10.3 Å². The van der Waals surface area contributed by atoms with Crippen molar-refractivity contribution < 1.29 is 22.0 Å². The van der Waals surface area contributed by atoms with Gasteiger partial charge in [-0.15, -0.1) is 0 Å². The lowest BCUT2D eigenvalue weighted by atomic mass is 10.2. The number of anilines is 2. The Hall–Kier alpha value is -1.89. The molecule has 2 nitrogen and oxygen atoms in total. The highest BCUT2D eigenvalue weighted by Crippen LogP contribution is 2.29. The van der Waals surface area contributed by atoms with Crippen molar-refractivity contribution in [3.63, 3.8) is 0 Å². The van der Waals surface area contributed by atoms with Crippen LogP contribution in [0.2, 0.25) is 5.15 Å². The average molecular weight is 295 g/mol. The number of pyridine rings is 1. The molecule has 0 unspecified atom stereocenters. The molecule has 0 saturated heterocycles. The monoisotopic (exact) mass is 294 g/mol. The molecule has 0 aliphatic carbocycles. The summed E-state index contributed by atoms with van der Waals surface area (Å²) in [4.78, 5) is 3.61. The zero-order valence-corrected chi connectivity index (χ0v) is 9.70. The molecule has 2 rings (SSSR count). The Balaban J connectivity index is 2.52. The number of nitrogens with one attached hydrogen (secondary N) is 1. The number of nitrogens with zero attached hydrogens (tertiary/aromatic N) is 1. The van der Waals surface area contributed by atoms with Crippen LogP contribution in [0, 0.1) is 29.1 Å². The third-order valence-corrected chi connectivity index (χ3v) is 2.41. The third kappa shape index (κ3) is 2.46. The summed E-state index contributed by atoms with van der Waals surface area (Å²) in [6, 6.07) is 2.42. The smallest absolute Gasteiger partial charge is 0.200 e. The topological polar surface area (TPSA) is 24.9 Å². The molecule has 0 bridgehead atoms. The summed E-state index contributed by atoms with van der Waals surface area (Å²) in [5.74, 6) is -10.2. The first-order chi connectivity index (χ1) is 8.91. The van der Waals surface area contributed by atoms with Crippen LogP contribution in [-0.2, 0) is 0 Å². The van der Waals surface area contributed by atoms with Gasteiger partial charge in [-0.2, -0.15) is 0 Å². The molecule has 0 radical (unpaired) electrons. The maximum absolute atomic E-state index is 13.4. The van der Waals surface area contributed by atoms with Gasteiger partial charge in [0.1, 0.15) is 10.8 Å². The Morgan fingerprint density at radius 3 is 1.95 bits per heavy atom. The fraction of sp³-hybridized carbons (Fsp3) is 0. The van der Waals surface area contributed by atoms with Crippen LogP contribution in [0.15, 0.2) is 18.3 Å². The molecule has 8 heteroatoms. The fourth-order valence-corrected chi connectivity index (χ4v) is 1.51. The SMILES string of the molecule is Fc1c(F)c(F)c(Nc2ccnc(Cl)c2)c(F)c1F. The Labute approximate surface area is 108 Å². The lowest BCUT2D eigenvalue weighted by molar-refractivity contribution is 0.382. The largest absolute Gasteiger partial charge is 0.350 e. The van der Waals surface area contributed by atoms with Crippen LogP contribution in [0.5, 0.6) is 0 Å². The molecule has 0 amide bonds. The number of aromatic nitrogens is 1. The highest BCUT2D eigenvalue weighted by Gasteiger charge is 2.25. The van der Waals surface area contributed by atoms with Crippen LogP contribution >= 0.6 is 11.6 Å². The van der Waals surface area contributed by atoms with Gasteiger partial charge in [0.2, 0.25) is 5.82 Å². The van der Waals surface area contributed by atoms with Crippen molar-refractivity contribution in [1.29, 1.82) is 0 Å². The fourth-order valence-electron chi connectivity index (χ4n) is 1.34. The van der Waals surface area contributed by atoms with E-state index >= 15 is 0 Å². The summed E-state index contributed by atoms with van der Waals surface area (Å²) >= 11 is 5.53. The molecular weight excluding hydrogens is 291 g/mol. The lowest BCUT2D eigenvalue weighted by Crippen LogP contribution is -2.06. The van der Waals surface area contributed by atoms with Crippen molar-refractivity contribution in [2.24, 2.45) is 0 Å². The first kappa shape index (κ1) is 13.5. The van der Waals surface area contributed by atoms with E-state index in [0.717, 1.165) is 0 Å². The van der Waals surface area contributed by atoms with E-state index in [1.54, 1.807) is 0 Å². The van der Waals surface area contributed by atoms with Gasteiger partial charge in [-0.1, -0.05) is 11.6 Å². The quantitative estimate of drug-likeness (QED) is 0.389. The van der Waals surface area contributed by atoms with Gasteiger partial charge >= 0.3 is 0 Å². The predicted molar refractivity (Wildman–Crippen MR) is 58.8 cm³/mol. The van der Waals surface area contributed by atoms with E-state index in [1.165, 1.54) is 18.3 Å². The van der Waals surface area contributed by atoms with E-state index < -0.39 is 34.8 Å². The molecule has 1 heterocycles. The Morgan fingerprint density at radius 2 is 1.42 bits per heavy atom. The molecule has 0 saturated carbocycles. The van der Waals surface area contributed by atoms with Gasteiger partial charge in [0.05, 0.1) is 0 Å². The third-order valence-electron chi connectivity index (χ3n) is 2.21. The molecule has 0 fully saturated rings. The first-order valence-corrected chi connectivity index (χ1v) is 5.19. The van der Waals surface area contributed by atoms with Gasteiger partial charge in [0, 0.05) is 11.9 Å². The highest BCUT2D eigenvalue weighted by atomic mass is 35.5. The molecule has 19 heavy (non-hydrogen) atoms. The second kappa shape index (κ2) is 5.00. The van der Waals surface area contributed by atoms with Crippen molar-refractivity contribution in [1.82, 2.24) is 4.98 Å². The minimum atomic E-state index is -2.21. The van der Waals surface area contributed by atoms with Crippen LogP contribution in [0.1, 0.15) is 0 Å². The molecule has 0 atom stereocenters. The lowest BCUT2D eigenvalue weighted by Gasteiger charge is -2.10. The normalized spacial score (nSPS) is 10.6. The minimum Gasteiger partial charge on any atom is -0.350 e. The number of hydrogen-bond acceptors (Lipinski definition) is 2. The van der Waals surface area contributed by atoms with Crippen molar-refractivity contribution in [2.75, 3.05) is 5.32 Å².